The quantitative estimate of drug-likeness (QED) is 0.727. The van der Waals surface area contributed by atoms with E-state index in [-0.39, 0.29) is 17.4 Å². The number of nitrogens with one attached hydrogen (secondary N) is 1. The van der Waals surface area contributed by atoms with E-state index in [9.17, 15) is 9.59 Å². The second kappa shape index (κ2) is 5.63. The molecule has 1 atom stereocenters. The molecule has 1 aromatic carbocycles. The Labute approximate surface area is 118 Å². The smallest absolute Gasteiger partial charge is 0.335 e. The highest BCUT2D eigenvalue weighted by Crippen LogP contribution is 2.38. The third-order valence-electron chi connectivity index (χ3n) is 3.84. The first-order valence-corrected chi connectivity index (χ1v) is 6.81. The number of hydrogen-bond donors (Lipinski definition) is 3. The second-order valence-electron chi connectivity index (χ2n) is 5.53. The molecule has 1 fully saturated rings. The van der Waals surface area contributed by atoms with Crippen LogP contribution >= 0.6 is 0 Å². The van der Waals surface area contributed by atoms with Crippen LogP contribution in [0.15, 0.2) is 24.3 Å². The van der Waals surface area contributed by atoms with Gasteiger partial charge in [0.1, 0.15) is 0 Å². The fourth-order valence-electron chi connectivity index (χ4n) is 2.32. The maximum absolute atomic E-state index is 12.0. The second-order valence-corrected chi connectivity index (χ2v) is 5.53. The first-order chi connectivity index (χ1) is 9.43. The number of carbonyl (C=O) groups is 2. The van der Waals surface area contributed by atoms with E-state index in [0.717, 1.165) is 12.8 Å². The number of carboxylic acids is 1. The summed E-state index contributed by atoms with van der Waals surface area (Å²) >= 11 is 0. The molecule has 1 aromatic rings. The number of benzene rings is 1. The van der Waals surface area contributed by atoms with Crippen molar-refractivity contribution in [1.82, 2.24) is 5.32 Å². The Morgan fingerprint density at radius 1 is 1.40 bits per heavy atom. The molecule has 1 unspecified atom stereocenters. The van der Waals surface area contributed by atoms with Crippen LogP contribution in [0.1, 0.15) is 35.7 Å². The third kappa shape index (κ3) is 3.17. The van der Waals surface area contributed by atoms with Crippen molar-refractivity contribution in [3.8, 4) is 0 Å². The number of nitrogens with two attached hydrogens (primary N) is 1. The van der Waals surface area contributed by atoms with Crippen molar-refractivity contribution in [2.45, 2.75) is 31.7 Å². The Morgan fingerprint density at radius 2 is 2.05 bits per heavy atom. The summed E-state index contributed by atoms with van der Waals surface area (Å²) in [6.45, 7) is 2.15. The number of carboxylic acid groups (broad SMARTS) is 1. The molecular weight excluding hydrogens is 256 g/mol. The van der Waals surface area contributed by atoms with E-state index < -0.39 is 11.5 Å². The standard InChI is InChI=1S/C15H20N2O3/c1-15(16,11-6-7-11)14(20)17-9-8-10-4-2-3-5-12(10)13(18)19/h2-5,11H,6-9,16H2,1H3,(H,17,20)(H,18,19). The van der Waals surface area contributed by atoms with E-state index in [1.54, 1.807) is 31.2 Å². The minimum Gasteiger partial charge on any atom is -0.478 e. The van der Waals surface area contributed by atoms with Gasteiger partial charge in [-0.05, 0) is 43.7 Å². The van der Waals surface area contributed by atoms with E-state index in [1.807, 2.05) is 0 Å². The van der Waals surface area contributed by atoms with Crippen molar-refractivity contribution >= 4 is 11.9 Å². The fourth-order valence-corrected chi connectivity index (χ4v) is 2.32. The number of aromatic carboxylic acids is 1. The predicted octanol–water partition coefficient (Wildman–Crippen LogP) is 1.17. The Balaban J connectivity index is 1.90. The van der Waals surface area contributed by atoms with Crippen LogP contribution in [0.2, 0.25) is 0 Å². The lowest BCUT2D eigenvalue weighted by atomic mass is 9.96. The predicted molar refractivity (Wildman–Crippen MR) is 75.4 cm³/mol. The minimum atomic E-state index is -0.950. The molecule has 0 heterocycles. The number of amides is 1. The summed E-state index contributed by atoms with van der Waals surface area (Å²) in [5.41, 5.74) is 6.19. The lowest BCUT2D eigenvalue weighted by Gasteiger charge is -2.23. The molecule has 1 saturated carbocycles. The topological polar surface area (TPSA) is 92.4 Å². The summed E-state index contributed by atoms with van der Waals surface area (Å²) < 4.78 is 0. The van der Waals surface area contributed by atoms with Gasteiger partial charge in [-0.2, -0.15) is 0 Å². The van der Waals surface area contributed by atoms with E-state index in [1.165, 1.54) is 0 Å². The summed E-state index contributed by atoms with van der Waals surface area (Å²) in [7, 11) is 0. The maximum Gasteiger partial charge on any atom is 0.335 e. The maximum atomic E-state index is 12.0. The summed E-state index contributed by atoms with van der Waals surface area (Å²) in [5, 5.41) is 11.9. The Kier molecular flexibility index (Phi) is 4.09. The lowest BCUT2D eigenvalue weighted by molar-refractivity contribution is -0.126. The van der Waals surface area contributed by atoms with Crippen LogP contribution in [0.3, 0.4) is 0 Å². The van der Waals surface area contributed by atoms with E-state index in [4.69, 9.17) is 10.8 Å². The van der Waals surface area contributed by atoms with Crippen LogP contribution in [0.25, 0.3) is 0 Å². The summed E-state index contributed by atoms with van der Waals surface area (Å²) in [5.74, 6) is -0.838. The largest absolute Gasteiger partial charge is 0.478 e. The van der Waals surface area contributed by atoms with Gasteiger partial charge in [-0.3, -0.25) is 4.79 Å². The highest BCUT2D eigenvalue weighted by molar-refractivity contribution is 5.89. The van der Waals surface area contributed by atoms with Crippen LogP contribution in [-0.2, 0) is 11.2 Å². The summed E-state index contributed by atoms with van der Waals surface area (Å²) in [6.07, 6.45) is 2.49. The molecule has 0 radical (unpaired) electrons. The number of carbonyl (C=O) groups excluding carboxylic acids is 1. The number of rotatable bonds is 6. The first kappa shape index (κ1) is 14.5. The molecule has 0 aromatic heterocycles. The van der Waals surface area contributed by atoms with E-state index >= 15 is 0 Å². The third-order valence-corrected chi connectivity index (χ3v) is 3.84. The molecule has 2 rings (SSSR count). The van der Waals surface area contributed by atoms with Crippen molar-refractivity contribution in [3.63, 3.8) is 0 Å². The molecule has 4 N–H and O–H groups in total. The van der Waals surface area contributed by atoms with Gasteiger partial charge in [0.25, 0.3) is 0 Å². The molecule has 0 spiro atoms. The Morgan fingerprint density at radius 3 is 2.65 bits per heavy atom. The van der Waals surface area contributed by atoms with Gasteiger partial charge >= 0.3 is 5.97 Å². The number of hydrogen-bond acceptors (Lipinski definition) is 3. The highest BCUT2D eigenvalue weighted by atomic mass is 16.4. The zero-order chi connectivity index (χ0) is 14.8. The van der Waals surface area contributed by atoms with Crippen molar-refractivity contribution in [2.24, 2.45) is 11.7 Å². The Hall–Kier alpha value is -1.88. The van der Waals surface area contributed by atoms with E-state index in [2.05, 4.69) is 5.32 Å². The van der Waals surface area contributed by atoms with Gasteiger partial charge in [0.05, 0.1) is 11.1 Å². The van der Waals surface area contributed by atoms with Crippen LogP contribution in [0.5, 0.6) is 0 Å². The molecule has 108 valence electrons. The van der Waals surface area contributed by atoms with Gasteiger partial charge in [0.2, 0.25) is 5.91 Å². The summed E-state index contributed by atoms with van der Waals surface area (Å²) in [4.78, 5) is 23.1. The van der Waals surface area contributed by atoms with Crippen molar-refractivity contribution in [2.75, 3.05) is 6.54 Å². The van der Waals surface area contributed by atoms with Crippen LogP contribution in [0, 0.1) is 5.92 Å². The van der Waals surface area contributed by atoms with Crippen LogP contribution < -0.4 is 11.1 Å². The average Bonchev–Trinajstić information content (AvgIpc) is 3.23. The lowest BCUT2D eigenvalue weighted by Crippen LogP contribution is -2.53. The van der Waals surface area contributed by atoms with Gasteiger partial charge in [-0.1, -0.05) is 18.2 Å². The molecule has 5 nitrogen and oxygen atoms in total. The van der Waals surface area contributed by atoms with Crippen LogP contribution in [-0.4, -0.2) is 29.1 Å². The molecule has 1 aliphatic carbocycles. The van der Waals surface area contributed by atoms with Crippen molar-refractivity contribution in [3.05, 3.63) is 35.4 Å². The molecule has 0 aliphatic heterocycles. The molecular formula is C15H20N2O3. The average molecular weight is 276 g/mol. The minimum absolute atomic E-state index is 0.159. The highest BCUT2D eigenvalue weighted by Gasteiger charge is 2.43. The van der Waals surface area contributed by atoms with Crippen LogP contribution in [0.4, 0.5) is 0 Å². The molecule has 20 heavy (non-hydrogen) atoms. The summed E-state index contributed by atoms with van der Waals surface area (Å²) in [6, 6.07) is 6.81. The molecule has 0 bridgehead atoms. The fraction of sp³-hybridized carbons (Fsp3) is 0.467. The molecule has 5 heteroatoms. The monoisotopic (exact) mass is 276 g/mol. The molecule has 1 aliphatic rings. The SMILES string of the molecule is CC(N)(C(=O)NCCc1ccccc1C(=O)O)C1CC1. The molecule has 0 saturated heterocycles. The van der Waals surface area contributed by atoms with Gasteiger partial charge in [0.15, 0.2) is 0 Å². The zero-order valence-electron chi connectivity index (χ0n) is 11.6. The first-order valence-electron chi connectivity index (χ1n) is 6.81. The van der Waals surface area contributed by atoms with E-state index in [0.29, 0.717) is 18.5 Å². The molecule has 1 amide bonds. The normalized spacial score (nSPS) is 17.3. The van der Waals surface area contributed by atoms with Gasteiger partial charge in [-0.15, -0.1) is 0 Å². The zero-order valence-corrected chi connectivity index (χ0v) is 11.6. The van der Waals surface area contributed by atoms with Gasteiger partial charge in [-0.25, -0.2) is 4.79 Å². The van der Waals surface area contributed by atoms with Crippen molar-refractivity contribution < 1.29 is 14.7 Å². The Bertz CT molecular complexity index is 522. The van der Waals surface area contributed by atoms with Gasteiger partial charge < -0.3 is 16.2 Å². The van der Waals surface area contributed by atoms with Crippen molar-refractivity contribution in [1.29, 1.82) is 0 Å². The van der Waals surface area contributed by atoms with Gasteiger partial charge in [0, 0.05) is 6.54 Å².